The number of ether oxygens (including phenoxy) is 1. The molecule has 0 unspecified atom stereocenters. The smallest absolute Gasteiger partial charge is 0.139 e. The number of pyridine rings is 3. The molecule has 9 aromatic rings. The molecule has 10 nitrogen and oxygen atoms in total. The Labute approximate surface area is 409 Å². The van der Waals surface area contributed by atoms with E-state index >= 15 is 0 Å². The van der Waals surface area contributed by atoms with Crippen molar-refractivity contribution in [3.63, 3.8) is 0 Å². The number of hydrogen-bond acceptors (Lipinski definition) is 7. The summed E-state index contributed by atoms with van der Waals surface area (Å²) in [4.78, 5) is 21.3. The van der Waals surface area contributed by atoms with E-state index in [1.165, 1.54) is 22.5 Å². The van der Waals surface area contributed by atoms with E-state index in [4.69, 9.17) is 19.7 Å². The van der Waals surface area contributed by atoms with Gasteiger partial charge < -0.3 is 32.6 Å². The Morgan fingerprint density at radius 2 is 0.929 bits per heavy atom. The van der Waals surface area contributed by atoms with Gasteiger partial charge in [-0.25, -0.2) is 19.3 Å². The molecule has 0 saturated carbocycles. The summed E-state index contributed by atoms with van der Waals surface area (Å²) in [6.45, 7) is 9.57. The predicted octanol–water partition coefficient (Wildman–Crippen LogP) is 12.4. The number of imidazole rings is 3. The number of nitrogens with zero attached hydrogens (tertiary/aromatic N) is 9. The van der Waals surface area contributed by atoms with Crippen molar-refractivity contribution >= 4 is 34.0 Å². The molecule has 70 heavy (non-hydrogen) atoms. The number of benzene rings is 3. The van der Waals surface area contributed by atoms with Crippen LogP contribution in [0.1, 0.15) is 49.7 Å². The van der Waals surface area contributed by atoms with Gasteiger partial charge in [0.05, 0.1) is 29.9 Å². The number of fused-ring (bicyclic) bond motifs is 3. The molecule has 0 amide bonds. The number of halogens is 2. The lowest BCUT2D eigenvalue weighted by Gasteiger charge is -2.33. The summed E-state index contributed by atoms with van der Waals surface area (Å²) in [5, 5.41) is 0. The zero-order valence-corrected chi connectivity index (χ0v) is 40.5. The SMILES string of the molecule is CO[C@@H]1CCN(c2ccn3cc(-c4ccc(C)cc4)nc3c2)C1.Cc1ccc(-c2cn3ccc(N4CCC(F)CC4)cc3n2)cc1.FCCC1CCN(c2ccn3cc(-c4ccccc4)nc3c2)CC1. The summed E-state index contributed by atoms with van der Waals surface area (Å²) in [5.41, 5.74) is 15.4. The minimum Gasteiger partial charge on any atom is -0.380 e. The Balaban J connectivity index is 0.000000122. The third kappa shape index (κ3) is 10.9. The van der Waals surface area contributed by atoms with Crippen LogP contribution in [-0.4, -0.2) is 93.5 Å². The predicted molar refractivity (Wildman–Crippen MR) is 281 cm³/mol. The van der Waals surface area contributed by atoms with Crippen LogP contribution >= 0.6 is 0 Å². The van der Waals surface area contributed by atoms with Gasteiger partial charge in [0.15, 0.2) is 0 Å². The van der Waals surface area contributed by atoms with Gasteiger partial charge in [0.1, 0.15) is 23.1 Å². The van der Waals surface area contributed by atoms with Crippen LogP contribution in [0.3, 0.4) is 0 Å². The summed E-state index contributed by atoms with van der Waals surface area (Å²) in [5.74, 6) is 0.547. The highest BCUT2D eigenvalue weighted by Gasteiger charge is 2.24. The maximum absolute atomic E-state index is 13.3. The minimum atomic E-state index is -0.644. The number of aromatic nitrogens is 6. The molecule has 3 aromatic carbocycles. The van der Waals surface area contributed by atoms with Gasteiger partial charge >= 0.3 is 0 Å². The molecule has 3 aliphatic heterocycles. The van der Waals surface area contributed by atoms with E-state index in [1.54, 1.807) is 7.11 Å². The molecule has 0 spiro atoms. The van der Waals surface area contributed by atoms with Gasteiger partial charge in [-0.1, -0.05) is 90.0 Å². The lowest BCUT2D eigenvalue weighted by atomic mass is 9.94. The summed E-state index contributed by atoms with van der Waals surface area (Å²) in [6.07, 6.45) is 17.3. The normalized spacial score (nSPS) is 16.7. The second-order valence-electron chi connectivity index (χ2n) is 19.1. The van der Waals surface area contributed by atoms with Gasteiger partial charge in [-0.3, -0.25) is 4.39 Å². The van der Waals surface area contributed by atoms with Crippen molar-refractivity contribution in [1.82, 2.24) is 28.2 Å². The Kier molecular flexibility index (Phi) is 14.2. The van der Waals surface area contributed by atoms with E-state index in [-0.39, 0.29) is 6.67 Å². The fourth-order valence-electron chi connectivity index (χ4n) is 9.87. The number of hydrogen-bond donors (Lipinski definition) is 0. The highest BCUT2D eigenvalue weighted by molar-refractivity contribution is 5.68. The Bertz CT molecular complexity index is 2990. The quantitative estimate of drug-likeness (QED) is 0.143. The van der Waals surface area contributed by atoms with Crippen molar-refractivity contribution in [3.05, 3.63) is 164 Å². The fraction of sp³-hybridized carbons (Fsp3) is 0.328. The Morgan fingerprint density at radius 1 is 0.514 bits per heavy atom. The zero-order valence-electron chi connectivity index (χ0n) is 40.5. The average molecular weight is 940 g/mol. The molecule has 0 N–H and O–H groups in total. The highest BCUT2D eigenvalue weighted by atomic mass is 19.1. The Morgan fingerprint density at radius 3 is 1.36 bits per heavy atom. The van der Waals surface area contributed by atoms with E-state index in [2.05, 4.69) is 165 Å². The van der Waals surface area contributed by atoms with Gasteiger partial charge in [0.25, 0.3) is 0 Å². The molecule has 0 radical (unpaired) electrons. The number of alkyl halides is 2. The number of methoxy groups -OCH3 is 1. The highest BCUT2D eigenvalue weighted by Crippen LogP contribution is 2.30. The first kappa shape index (κ1) is 46.7. The van der Waals surface area contributed by atoms with E-state index in [0.717, 1.165) is 115 Å². The number of rotatable bonds is 9. The third-order valence-corrected chi connectivity index (χ3v) is 14.2. The molecular weight excluding hydrogens is 877 g/mol. The zero-order chi connectivity index (χ0) is 48.0. The molecule has 1 atom stereocenters. The molecule has 3 fully saturated rings. The van der Waals surface area contributed by atoms with Crippen LogP contribution in [-0.2, 0) is 4.74 Å². The molecule has 0 aliphatic carbocycles. The maximum Gasteiger partial charge on any atom is 0.139 e. The first-order chi connectivity index (χ1) is 34.2. The minimum absolute atomic E-state index is 0.188. The molecule has 6 aromatic heterocycles. The summed E-state index contributed by atoms with van der Waals surface area (Å²) >= 11 is 0. The molecule has 9 heterocycles. The van der Waals surface area contributed by atoms with Crippen LogP contribution in [0.5, 0.6) is 0 Å². The topological polar surface area (TPSA) is 70.9 Å². The molecular formula is C58H63F2N9O. The lowest BCUT2D eigenvalue weighted by Crippen LogP contribution is -2.34. The van der Waals surface area contributed by atoms with Gasteiger partial charge in [0, 0.05) is 136 Å². The van der Waals surface area contributed by atoms with Crippen molar-refractivity contribution in [2.75, 3.05) is 67.8 Å². The number of aryl methyl sites for hydroxylation is 2. The lowest BCUT2D eigenvalue weighted by molar-refractivity contribution is 0.121. The summed E-state index contributed by atoms with van der Waals surface area (Å²) < 4.78 is 37.5. The fourth-order valence-corrected chi connectivity index (χ4v) is 9.87. The first-order valence-corrected chi connectivity index (χ1v) is 24.9. The van der Waals surface area contributed by atoms with Gasteiger partial charge in [-0.2, -0.15) is 0 Å². The van der Waals surface area contributed by atoms with Crippen molar-refractivity contribution in [2.45, 2.75) is 64.6 Å². The van der Waals surface area contributed by atoms with Gasteiger partial charge in [-0.05, 0) is 76.5 Å². The standard InChI is InChI=1S/C20H22FN3.C19H20FN3.C19H21N3O/c21-10-6-16-7-11-23(12-8-16)18-9-13-24-15-19(22-20(24)14-18)17-4-2-1-3-5-17;1-14-2-4-15(5-3-14)18-13-23-11-8-17(12-19(23)21-18)22-9-6-16(20)7-10-22;1-14-3-5-15(6-4-14)18-13-22-9-7-16(11-19(22)20-18)21-10-8-17(12-21)23-2/h1-5,9,13-16H,6-8,10-12H2;2-5,8,11-13,16H,6-7,9-10H2,1H3;3-7,9,11,13,17H,8,10,12H2,1-2H3/t;;17-/m..1/s1. The summed E-state index contributed by atoms with van der Waals surface area (Å²) in [7, 11) is 1.79. The number of anilines is 3. The molecule has 3 aliphatic rings. The summed E-state index contributed by atoms with van der Waals surface area (Å²) in [6, 6.07) is 40.0. The van der Waals surface area contributed by atoms with E-state index in [9.17, 15) is 8.78 Å². The van der Waals surface area contributed by atoms with Crippen LogP contribution in [0.4, 0.5) is 25.8 Å². The molecule has 12 heteroatoms. The van der Waals surface area contributed by atoms with Crippen molar-refractivity contribution in [3.8, 4) is 33.8 Å². The van der Waals surface area contributed by atoms with Crippen molar-refractivity contribution < 1.29 is 13.5 Å². The largest absolute Gasteiger partial charge is 0.380 e. The Hall–Kier alpha value is -7.05. The maximum atomic E-state index is 13.3. The monoisotopic (exact) mass is 940 g/mol. The molecule has 360 valence electrons. The first-order valence-electron chi connectivity index (χ1n) is 24.9. The van der Waals surface area contributed by atoms with Crippen molar-refractivity contribution in [2.24, 2.45) is 5.92 Å². The molecule has 3 saturated heterocycles. The van der Waals surface area contributed by atoms with E-state index < -0.39 is 6.17 Å². The second kappa shape index (κ2) is 21.3. The van der Waals surface area contributed by atoms with Crippen LogP contribution in [0.2, 0.25) is 0 Å². The van der Waals surface area contributed by atoms with Crippen LogP contribution < -0.4 is 14.7 Å². The molecule has 12 rings (SSSR count). The van der Waals surface area contributed by atoms with Crippen molar-refractivity contribution in [1.29, 1.82) is 0 Å². The van der Waals surface area contributed by atoms with E-state index in [0.29, 0.717) is 31.3 Å². The number of piperidine rings is 2. The second-order valence-corrected chi connectivity index (χ2v) is 19.1. The van der Waals surface area contributed by atoms with Gasteiger partial charge in [0.2, 0.25) is 0 Å². The van der Waals surface area contributed by atoms with Crippen LogP contribution in [0.15, 0.2) is 152 Å². The van der Waals surface area contributed by atoms with E-state index in [1.807, 2.05) is 28.8 Å². The van der Waals surface area contributed by atoms with Crippen LogP contribution in [0.25, 0.3) is 50.7 Å². The average Bonchev–Trinajstić information content (AvgIpc) is 4.23. The van der Waals surface area contributed by atoms with Gasteiger partial charge in [-0.15, -0.1) is 0 Å². The third-order valence-electron chi connectivity index (χ3n) is 14.2. The molecule has 0 bridgehead atoms. The van der Waals surface area contributed by atoms with Crippen LogP contribution in [0, 0.1) is 19.8 Å².